The average molecular weight is 415 g/mol. The second-order valence-electron chi connectivity index (χ2n) is 7.15. The normalized spacial score (nSPS) is 13.9. The zero-order chi connectivity index (χ0) is 20.8. The van der Waals surface area contributed by atoms with Crippen LogP contribution in [-0.2, 0) is 0 Å². The van der Waals surface area contributed by atoms with E-state index < -0.39 is 0 Å². The van der Waals surface area contributed by atoms with Gasteiger partial charge in [-0.3, -0.25) is 9.59 Å². The maximum absolute atomic E-state index is 12.8. The Kier molecular flexibility index (Phi) is 7.15. The minimum atomic E-state index is -0.266. The number of carbonyl (C=O) groups is 2. The standard InChI is InChI=1S/C23H27ClN2O3/c1-3-26(4-2)23(28)18-14-13-16(15-20(18)24)25-22(27)19-11-7-8-12-21(19)29-17-9-5-6-10-17/h7-8,11-15,17H,3-6,9-10H2,1-2H3,(H,25,27). The van der Waals surface area contributed by atoms with Crippen LogP contribution in [0.1, 0.15) is 60.2 Å². The third-order valence-corrected chi connectivity index (χ3v) is 5.55. The molecule has 6 heteroatoms. The summed E-state index contributed by atoms with van der Waals surface area (Å²) >= 11 is 6.33. The highest BCUT2D eigenvalue weighted by atomic mass is 35.5. The summed E-state index contributed by atoms with van der Waals surface area (Å²) in [5.41, 5.74) is 1.45. The molecular weight excluding hydrogens is 388 g/mol. The van der Waals surface area contributed by atoms with E-state index in [1.54, 1.807) is 29.2 Å². The van der Waals surface area contributed by atoms with Crippen LogP contribution in [0.2, 0.25) is 5.02 Å². The molecule has 1 aliphatic rings. The van der Waals surface area contributed by atoms with Crippen LogP contribution in [0.15, 0.2) is 42.5 Å². The topological polar surface area (TPSA) is 58.6 Å². The molecule has 2 aromatic carbocycles. The molecular formula is C23H27ClN2O3. The van der Waals surface area contributed by atoms with Crippen molar-refractivity contribution in [3.63, 3.8) is 0 Å². The molecule has 154 valence electrons. The fraction of sp³-hybridized carbons (Fsp3) is 0.391. The second kappa shape index (κ2) is 9.79. The number of anilines is 1. The molecule has 1 aliphatic carbocycles. The Morgan fingerprint density at radius 1 is 1.07 bits per heavy atom. The highest BCUT2D eigenvalue weighted by Gasteiger charge is 2.21. The molecule has 0 radical (unpaired) electrons. The van der Waals surface area contributed by atoms with Gasteiger partial charge >= 0.3 is 0 Å². The molecule has 1 saturated carbocycles. The van der Waals surface area contributed by atoms with E-state index >= 15 is 0 Å². The van der Waals surface area contributed by atoms with E-state index in [-0.39, 0.29) is 17.9 Å². The highest BCUT2D eigenvalue weighted by Crippen LogP contribution is 2.28. The first-order chi connectivity index (χ1) is 14.0. The lowest BCUT2D eigenvalue weighted by molar-refractivity contribution is 0.0773. The third-order valence-electron chi connectivity index (χ3n) is 5.24. The summed E-state index contributed by atoms with van der Waals surface area (Å²) in [6.45, 7) is 5.08. The van der Waals surface area contributed by atoms with Crippen molar-refractivity contribution >= 4 is 29.1 Å². The van der Waals surface area contributed by atoms with Gasteiger partial charge in [-0.1, -0.05) is 23.7 Å². The van der Waals surface area contributed by atoms with Gasteiger partial charge in [-0.15, -0.1) is 0 Å². The lowest BCUT2D eigenvalue weighted by Gasteiger charge is -2.19. The van der Waals surface area contributed by atoms with Crippen molar-refractivity contribution in [2.75, 3.05) is 18.4 Å². The van der Waals surface area contributed by atoms with Crippen LogP contribution >= 0.6 is 11.6 Å². The highest BCUT2D eigenvalue weighted by molar-refractivity contribution is 6.34. The third kappa shape index (κ3) is 5.10. The number of halogens is 1. The van der Waals surface area contributed by atoms with Crippen molar-refractivity contribution in [1.29, 1.82) is 0 Å². The van der Waals surface area contributed by atoms with Crippen LogP contribution in [0.5, 0.6) is 5.75 Å². The second-order valence-corrected chi connectivity index (χ2v) is 7.55. The van der Waals surface area contributed by atoms with Crippen LogP contribution in [0.4, 0.5) is 5.69 Å². The zero-order valence-corrected chi connectivity index (χ0v) is 17.7. The molecule has 2 amide bonds. The van der Waals surface area contributed by atoms with Gasteiger partial charge in [0.15, 0.2) is 0 Å². The summed E-state index contributed by atoms with van der Waals surface area (Å²) in [5, 5.41) is 3.17. The van der Waals surface area contributed by atoms with Crippen LogP contribution in [0, 0.1) is 0 Å². The molecule has 3 rings (SSSR count). The van der Waals surface area contributed by atoms with Gasteiger partial charge in [-0.05, 0) is 69.9 Å². The molecule has 0 saturated heterocycles. The Morgan fingerprint density at radius 2 is 1.76 bits per heavy atom. The summed E-state index contributed by atoms with van der Waals surface area (Å²) in [7, 11) is 0. The fourth-order valence-electron chi connectivity index (χ4n) is 3.59. The predicted octanol–water partition coefficient (Wildman–Crippen LogP) is 5.40. The molecule has 0 aliphatic heterocycles. The molecule has 0 heterocycles. The summed E-state index contributed by atoms with van der Waals surface area (Å²) < 4.78 is 6.05. The Hall–Kier alpha value is -2.53. The molecule has 0 atom stereocenters. The van der Waals surface area contributed by atoms with Gasteiger partial charge in [0.05, 0.1) is 22.3 Å². The molecule has 29 heavy (non-hydrogen) atoms. The van der Waals surface area contributed by atoms with Crippen LogP contribution in [0.3, 0.4) is 0 Å². The number of para-hydroxylation sites is 1. The van der Waals surface area contributed by atoms with Crippen LogP contribution in [-0.4, -0.2) is 35.9 Å². The van der Waals surface area contributed by atoms with Crippen molar-refractivity contribution in [1.82, 2.24) is 4.90 Å². The van der Waals surface area contributed by atoms with E-state index in [9.17, 15) is 9.59 Å². The zero-order valence-electron chi connectivity index (χ0n) is 16.9. The van der Waals surface area contributed by atoms with Gasteiger partial charge in [-0.25, -0.2) is 0 Å². The maximum atomic E-state index is 12.8. The smallest absolute Gasteiger partial charge is 0.259 e. The van der Waals surface area contributed by atoms with Crippen LogP contribution < -0.4 is 10.1 Å². The average Bonchev–Trinajstić information content (AvgIpc) is 3.22. The molecule has 1 fully saturated rings. The Morgan fingerprint density at radius 3 is 2.41 bits per heavy atom. The van der Waals surface area contributed by atoms with Crippen molar-refractivity contribution < 1.29 is 14.3 Å². The summed E-state index contributed by atoms with van der Waals surface area (Å²) in [6.07, 6.45) is 4.54. The Labute approximate surface area is 177 Å². The van der Waals surface area contributed by atoms with Crippen molar-refractivity contribution in [2.24, 2.45) is 0 Å². The number of nitrogens with one attached hydrogen (secondary N) is 1. The first-order valence-electron chi connectivity index (χ1n) is 10.2. The Bertz CT molecular complexity index is 874. The number of carbonyl (C=O) groups excluding carboxylic acids is 2. The van der Waals surface area contributed by atoms with Gasteiger partial charge in [0.1, 0.15) is 5.75 Å². The van der Waals surface area contributed by atoms with Gasteiger partial charge in [0.2, 0.25) is 0 Å². The lowest BCUT2D eigenvalue weighted by atomic mass is 10.1. The van der Waals surface area contributed by atoms with E-state index in [0.29, 0.717) is 40.7 Å². The molecule has 2 aromatic rings. The number of rotatable bonds is 7. The summed E-state index contributed by atoms with van der Waals surface area (Å²) in [5.74, 6) is 0.210. The molecule has 0 unspecified atom stereocenters. The predicted molar refractivity (Wildman–Crippen MR) is 116 cm³/mol. The minimum Gasteiger partial charge on any atom is -0.490 e. The molecule has 0 aromatic heterocycles. The van der Waals surface area contributed by atoms with E-state index in [1.807, 2.05) is 32.0 Å². The number of amides is 2. The number of hydrogen-bond acceptors (Lipinski definition) is 3. The van der Waals surface area contributed by atoms with Crippen molar-refractivity contribution in [3.8, 4) is 5.75 Å². The van der Waals surface area contributed by atoms with Crippen LogP contribution in [0.25, 0.3) is 0 Å². The first-order valence-corrected chi connectivity index (χ1v) is 10.6. The number of hydrogen-bond donors (Lipinski definition) is 1. The number of nitrogens with zero attached hydrogens (tertiary/aromatic N) is 1. The first kappa shape index (κ1) is 21.2. The Balaban J connectivity index is 1.74. The minimum absolute atomic E-state index is 0.117. The van der Waals surface area contributed by atoms with E-state index in [2.05, 4.69) is 5.32 Å². The van der Waals surface area contributed by atoms with Crippen molar-refractivity contribution in [2.45, 2.75) is 45.6 Å². The summed E-state index contributed by atoms with van der Waals surface area (Å²) in [4.78, 5) is 27.1. The van der Waals surface area contributed by atoms with E-state index in [1.165, 1.54) is 0 Å². The van der Waals surface area contributed by atoms with Gasteiger partial charge in [0, 0.05) is 18.8 Å². The largest absolute Gasteiger partial charge is 0.490 e. The summed E-state index contributed by atoms with van der Waals surface area (Å²) in [6, 6.07) is 12.2. The molecule has 0 spiro atoms. The quantitative estimate of drug-likeness (QED) is 0.660. The van der Waals surface area contributed by atoms with E-state index in [4.69, 9.17) is 16.3 Å². The maximum Gasteiger partial charge on any atom is 0.259 e. The number of benzene rings is 2. The SMILES string of the molecule is CCN(CC)C(=O)c1ccc(NC(=O)c2ccccc2OC2CCCC2)cc1Cl. The van der Waals surface area contributed by atoms with Gasteiger partial charge < -0.3 is 15.0 Å². The monoisotopic (exact) mass is 414 g/mol. The fourth-order valence-corrected chi connectivity index (χ4v) is 3.85. The number of ether oxygens (including phenoxy) is 1. The molecule has 5 nitrogen and oxygen atoms in total. The van der Waals surface area contributed by atoms with Crippen molar-refractivity contribution in [3.05, 3.63) is 58.6 Å². The lowest BCUT2D eigenvalue weighted by Crippen LogP contribution is -2.30. The molecule has 1 N–H and O–H groups in total. The van der Waals surface area contributed by atoms with E-state index in [0.717, 1.165) is 25.7 Å². The molecule has 0 bridgehead atoms. The van der Waals surface area contributed by atoms with Gasteiger partial charge in [0.25, 0.3) is 11.8 Å². The van der Waals surface area contributed by atoms with Gasteiger partial charge in [-0.2, -0.15) is 0 Å².